The molecule has 0 saturated heterocycles. The van der Waals surface area contributed by atoms with Crippen LogP contribution in [0.15, 0.2) is 47.4 Å². The highest BCUT2D eigenvalue weighted by Gasteiger charge is 2.23. The van der Waals surface area contributed by atoms with Gasteiger partial charge in [0.05, 0.1) is 14.9 Å². The standard InChI is InChI=1S/C17H16Cl2N2O5S/c1-10(21-27(24,25)13-6-7-14(18)15(19)8-13)17(23)26-9-11-2-4-12(5-3-11)16(20)22/h2-8,10,21H,9H2,1H3,(H2,20,22)/t10-/m0/s1. The van der Waals surface area contributed by atoms with Gasteiger partial charge in [0.2, 0.25) is 15.9 Å². The second kappa shape index (κ2) is 8.71. The summed E-state index contributed by atoms with van der Waals surface area (Å²) in [6.07, 6.45) is 0. The van der Waals surface area contributed by atoms with E-state index < -0.39 is 27.9 Å². The molecule has 0 aliphatic heterocycles. The molecule has 3 N–H and O–H groups in total. The van der Waals surface area contributed by atoms with Gasteiger partial charge < -0.3 is 10.5 Å². The van der Waals surface area contributed by atoms with Crippen LogP contribution in [0.1, 0.15) is 22.8 Å². The number of hydrogen-bond acceptors (Lipinski definition) is 5. The average molecular weight is 431 g/mol. The predicted octanol–water partition coefficient (Wildman–Crippen LogP) is 2.50. The zero-order chi connectivity index (χ0) is 20.2. The summed E-state index contributed by atoms with van der Waals surface area (Å²) in [6, 6.07) is 8.84. The van der Waals surface area contributed by atoms with Crippen molar-refractivity contribution in [2.24, 2.45) is 5.73 Å². The number of esters is 1. The Kier molecular flexibility index (Phi) is 6.83. The summed E-state index contributed by atoms with van der Waals surface area (Å²) in [6.45, 7) is 1.27. The van der Waals surface area contributed by atoms with E-state index in [1.54, 1.807) is 12.1 Å². The van der Waals surface area contributed by atoms with Crippen LogP contribution in [0.2, 0.25) is 10.0 Å². The lowest BCUT2D eigenvalue weighted by Gasteiger charge is -2.14. The van der Waals surface area contributed by atoms with Crippen LogP contribution in [-0.2, 0) is 26.2 Å². The average Bonchev–Trinajstić information content (AvgIpc) is 2.61. The highest BCUT2D eigenvalue weighted by atomic mass is 35.5. The molecule has 1 amide bonds. The number of ether oxygens (including phenoxy) is 1. The van der Waals surface area contributed by atoms with E-state index >= 15 is 0 Å². The van der Waals surface area contributed by atoms with Gasteiger partial charge in [0.25, 0.3) is 0 Å². The summed E-state index contributed by atoms with van der Waals surface area (Å²) in [4.78, 5) is 22.9. The molecule has 0 radical (unpaired) electrons. The number of nitrogens with one attached hydrogen (secondary N) is 1. The number of halogens is 2. The molecular formula is C17H16Cl2N2O5S. The van der Waals surface area contributed by atoms with Crippen LogP contribution < -0.4 is 10.5 Å². The van der Waals surface area contributed by atoms with Crippen LogP contribution in [0.4, 0.5) is 0 Å². The van der Waals surface area contributed by atoms with Gasteiger partial charge in [-0.25, -0.2) is 8.42 Å². The smallest absolute Gasteiger partial charge is 0.324 e. The third-order valence-electron chi connectivity index (χ3n) is 3.51. The first-order chi connectivity index (χ1) is 12.6. The molecule has 0 unspecified atom stereocenters. The topological polar surface area (TPSA) is 116 Å². The summed E-state index contributed by atoms with van der Waals surface area (Å²) in [5, 5.41) is 0.291. The first kappa shape index (κ1) is 21.2. The number of sulfonamides is 1. The monoisotopic (exact) mass is 430 g/mol. The fourth-order valence-electron chi connectivity index (χ4n) is 2.04. The minimum absolute atomic E-state index is 0.0779. The number of carbonyl (C=O) groups excluding carboxylic acids is 2. The maximum atomic E-state index is 12.3. The maximum absolute atomic E-state index is 12.3. The first-order valence-electron chi connectivity index (χ1n) is 7.63. The Morgan fingerprint density at radius 1 is 1.11 bits per heavy atom. The Balaban J connectivity index is 1.98. The van der Waals surface area contributed by atoms with E-state index in [0.29, 0.717) is 11.1 Å². The SMILES string of the molecule is C[C@H](NS(=O)(=O)c1ccc(Cl)c(Cl)c1)C(=O)OCc1ccc(C(N)=O)cc1. The van der Waals surface area contributed by atoms with E-state index in [1.165, 1.54) is 37.3 Å². The van der Waals surface area contributed by atoms with Crippen molar-refractivity contribution in [2.75, 3.05) is 0 Å². The van der Waals surface area contributed by atoms with Gasteiger partial charge >= 0.3 is 5.97 Å². The minimum atomic E-state index is -3.99. The Bertz CT molecular complexity index is 962. The van der Waals surface area contributed by atoms with Crippen LogP contribution in [0.5, 0.6) is 0 Å². The van der Waals surface area contributed by atoms with E-state index in [1.807, 2.05) is 0 Å². The number of primary amides is 1. The number of nitrogens with two attached hydrogens (primary N) is 1. The summed E-state index contributed by atoms with van der Waals surface area (Å²) in [5.41, 5.74) is 6.09. The van der Waals surface area contributed by atoms with Gasteiger partial charge in [0.15, 0.2) is 0 Å². The second-order valence-corrected chi connectivity index (χ2v) is 8.12. The molecule has 144 valence electrons. The van der Waals surface area contributed by atoms with Crippen LogP contribution in [0.3, 0.4) is 0 Å². The zero-order valence-corrected chi connectivity index (χ0v) is 16.4. The lowest BCUT2D eigenvalue weighted by atomic mass is 10.1. The molecule has 10 heteroatoms. The first-order valence-corrected chi connectivity index (χ1v) is 9.87. The fraction of sp³-hybridized carbons (Fsp3) is 0.176. The summed E-state index contributed by atoms with van der Waals surface area (Å²) < 4.78 is 31.9. The number of benzene rings is 2. The second-order valence-electron chi connectivity index (χ2n) is 5.59. The fourth-order valence-corrected chi connectivity index (χ4v) is 3.62. The molecule has 27 heavy (non-hydrogen) atoms. The summed E-state index contributed by atoms with van der Waals surface area (Å²) >= 11 is 11.6. The Hall–Kier alpha value is -2.13. The molecule has 0 saturated carbocycles. The summed E-state index contributed by atoms with van der Waals surface area (Å²) in [5.74, 6) is -1.33. The minimum Gasteiger partial charge on any atom is -0.460 e. The number of hydrogen-bond donors (Lipinski definition) is 2. The number of rotatable bonds is 7. The number of amides is 1. The Morgan fingerprint density at radius 2 is 1.74 bits per heavy atom. The molecule has 0 aliphatic carbocycles. The molecule has 1 atom stereocenters. The molecule has 2 rings (SSSR count). The van der Waals surface area contributed by atoms with Crippen LogP contribution in [-0.4, -0.2) is 26.3 Å². The van der Waals surface area contributed by atoms with Gasteiger partial charge in [-0.15, -0.1) is 0 Å². The van der Waals surface area contributed by atoms with Gasteiger partial charge in [-0.1, -0.05) is 35.3 Å². The van der Waals surface area contributed by atoms with Crippen molar-refractivity contribution < 1.29 is 22.7 Å². The van der Waals surface area contributed by atoms with Gasteiger partial charge in [-0.2, -0.15) is 4.72 Å². The van der Waals surface area contributed by atoms with E-state index in [4.69, 9.17) is 33.7 Å². The van der Waals surface area contributed by atoms with Gasteiger partial charge in [-0.3, -0.25) is 9.59 Å². The van der Waals surface area contributed by atoms with E-state index in [2.05, 4.69) is 4.72 Å². The van der Waals surface area contributed by atoms with Crippen LogP contribution >= 0.6 is 23.2 Å². The lowest BCUT2D eigenvalue weighted by molar-refractivity contribution is -0.146. The predicted molar refractivity (Wildman–Crippen MR) is 101 cm³/mol. The van der Waals surface area contributed by atoms with Crippen LogP contribution in [0.25, 0.3) is 0 Å². The molecule has 0 aliphatic rings. The Labute approximate surface area is 166 Å². The quantitative estimate of drug-likeness (QED) is 0.654. The van der Waals surface area contributed by atoms with Crippen molar-refractivity contribution in [3.8, 4) is 0 Å². The van der Waals surface area contributed by atoms with Crippen molar-refractivity contribution in [1.29, 1.82) is 0 Å². The third kappa shape index (κ3) is 5.67. The van der Waals surface area contributed by atoms with E-state index in [9.17, 15) is 18.0 Å². The van der Waals surface area contributed by atoms with E-state index in [0.717, 1.165) is 0 Å². The van der Waals surface area contributed by atoms with Crippen molar-refractivity contribution in [2.45, 2.75) is 24.5 Å². The Morgan fingerprint density at radius 3 is 2.30 bits per heavy atom. The zero-order valence-electron chi connectivity index (χ0n) is 14.1. The van der Waals surface area contributed by atoms with Gasteiger partial charge in [0, 0.05) is 5.56 Å². The van der Waals surface area contributed by atoms with Gasteiger partial charge in [-0.05, 0) is 42.8 Å². The number of carbonyl (C=O) groups is 2. The van der Waals surface area contributed by atoms with Gasteiger partial charge in [0.1, 0.15) is 12.6 Å². The molecule has 0 heterocycles. The third-order valence-corrected chi connectivity index (χ3v) is 5.78. The van der Waals surface area contributed by atoms with Crippen molar-refractivity contribution in [3.63, 3.8) is 0 Å². The molecule has 2 aromatic carbocycles. The summed E-state index contributed by atoms with van der Waals surface area (Å²) in [7, 11) is -3.99. The molecule has 0 fully saturated rings. The highest BCUT2D eigenvalue weighted by molar-refractivity contribution is 7.89. The highest BCUT2D eigenvalue weighted by Crippen LogP contribution is 2.24. The molecule has 0 bridgehead atoms. The van der Waals surface area contributed by atoms with Crippen molar-refractivity contribution >= 4 is 45.1 Å². The van der Waals surface area contributed by atoms with Crippen molar-refractivity contribution in [3.05, 3.63) is 63.6 Å². The van der Waals surface area contributed by atoms with Crippen LogP contribution in [0, 0.1) is 0 Å². The molecule has 0 spiro atoms. The lowest BCUT2D eigenvalue weighted by Crippen LogP contribution is -2.39. The molecular weight excluding hydrogens is 415 g/mol. The molecule has 2 aromatic rings. The molecule has 7 nitrogen and oxygen atoms in total. The van der Waals surface area contributed by atoms with Crippen molar-refractivity contribution in [1.82, 2.24) is 4.72 Å². The largest absolute Gasteiger partial charge is 0.460 e. The molecule has 0 aromatic heterocycles. The maximum Gasteiger partial charge on any atom is 0.324 e. The normalized spacial score (nSPS) is 12.4. The van der Waals surface area contributed by atoms with E-state index in [-0.39, 0.29) is 21.5 Å².